The lowest BCUT2D eigenvalue weighted by atomic mass is 10.1. The fraction of sp³-hybridized carbons (Fsp3) is 1.00. The first-order chi connectivity index (χ1) is 7.52. The molecule has 0 amide bonds. The van der Waals surface area contributed by atoms with E-state index in [1.807, 2.05) is 0 Å². The van der Waals surface area contributed by atoms with Crippen LogP contribution in [-0.4, -0.2) is 42.8 Å². The second-order valence-corrected chi connectivity index (χ2v) is 6.12. The van der Waals surface area contributed by atoms with Crippen molar-refractivity contribution < 1.29 is 4.74 Å². The molecule has 1 saturated carbocycles. The summed E-state index contributed by atoms with van der Waals surface area (Å²) in [6, 6.07) is 0.576. The highest BCUT2D eigenvalue weighted by atomic mass is 16.5. The Morgan fingerprint density at radius 2 is 2.06 bits per heavy atom. The van der Waals surface area contributed by atoms with Gasteiger partial charge in [-0.25, -0.2) is 0 Å². The molecule has 1 heterocycles. The van der Waals surface area contributed by atoms with Gasteiger partial charge in [0.15, 0.2) is 0 Å². The van der Waals surface area contributed by atoms with Gasteiger partial charge in [0, 0.05) is 19.1 Å². The molecule has 1 saturated heterocycles. The normalized spacial score (nSPS) is 30.9. The highest BCUT2D eigenvalue weighted by molar-refractivity contribution is 4.90. The predicted molar refractivity (Wildman–Crippen MR) is 66.4 cm³/mol. The molecular formula is C13H26N2O. The van der Waals surface area contributed by atoms with Gasteiger partial charge in [-0.2, -0.15) is 0 Å². The van der Waals surface area contributed by atoms with Crippen molar-refractivity contribution in [2.75, 3.05) is 20.1 Å². The van der Waals surface area contributed by atoms with E-state index in [2.05, 4.69) is 25.8 Å². The molecule has 2 N–H and O–H groups in total. The number of hydrogen-bond donors (Lipinski definition) is 1. The standard InChI is InChI=1S/C13H26N2O/c1-13(2)7-6-11(16-13)9-15(3)12(8-14)10-4-5-10/h10-12H,4-9,14H2,1-3H3. The fourth-order valence-corrected chi connectivity index (χ4v) is 2.88. The van der Waals surface area contributed by atoms with Gasteiger partial charge in [-0.05, 0) is 52.5 Å². The summed E-state index contributed by atoms with van der Waals surface area (Å²) in [5.74, 6) is 0.851. The van der Waals surface area contributed by atoms with Crippen LogP contribution in [0.2, 0.25) is 0 Å². The Morgan fingerprint density at radius 1 is 1.38 bits per heavy atom. The molecule has 2 aliphatic rings. The molecule has 0 bridgehead atoms. The first kappa shape index (κ1) is 12.3. The van der Waals surface area contributed by atoms with Crippen LogP contribution in [0.4, 0.5) is 0 Å². The smallest absolute Gasteiger partial charge is 0.0710 e. The van der Waals surface area contributed by atoms with Gasteiger partial charge in [0.25, 0.3) is 0 Å². The number of nitrogens with zero attached hydrogens (tertiary/aromatic N) is 1. The molecule has 2 atom stereocenters. The van der Waals surface area contributed by atoms with E-state index < -0.39 is 0 Å². The third-order valence-electron chi connectivity index (χ3n) is 4.02. The van der Waals surface area contributed by atoms with Gasteiger partial charge < -0.3 is 10.5 Å². The van der Waals surface area contributed by atoms with E-state index in [4.69, 9.17) is 10.5 Å². The molecule has 0 aromatic rings. The van der Waals surface area contributed by atoms with E-state index in [0.717, 1.165) is 19.0 Å². The van der Waals surface area contributed by atoms with E-state index in [9.17, 15) is 0 Å². The minimum Gasteiger partial charge on any atom is -0.371 e. The molecule has 16 heavy (non-hydrogen) atoms. The average Bonchev–Trinajstić information content (AvgIpc) is 2.94. The summed E-state index contributed by atoms with van der Waals surface area (Å²) in [4.78, 5) is 2.42. The molecule has 1 aliphatic carbocycles. The van der Waals surface area contributed by atoms with Crippen LogP contribution in [0, 0.1) is 5.92 Å². The van der Waals surface area contributed by atoms with Crippen molar-refractivity contribution >= 4 is 0 Å². The van der Waals surface area contributed by atoms with Crippen LogP contribution in [0.25, 0.3) is 0 Å². The third kappa shape index (κ3) is 2.96. The topological polar surface area (TPSA) is 38.5 Å². The maximum atomic E-state index is 6.03. The molecule has 3 heteroatoms. The lowest BCUT2D eigenvalue weighted by Crippen LogP contribution is -2.43. The zero-order valence-electron chi connectivity index (χ0n) is 10.9. The molecule has 2 rings (SSSR count). The Hall–Kier alpha value is -0.120. The van der Waals surface area contributed by atoms with E-state index in [0.29, 0.717) is 12.1 Å². The summed E-state index contributed by atoms with van der Waals surface area (Å²) >= 11 is 0. The molecule has 0 spiro atoms. The van der Waals surface area contributed by atoms with Crippen molar-refractivity contribution in [1.82, 2.24) is 4.90 Å². The van der Waals surface area contributed by atoms with Gasteiger partial charge in [-0.3, -0.25) is 4.90 Å². The highest BCUT2D eigenvalue weighted by Gasteiger charge is 2.36. The number of rotatable bonds is 5. The van der Waals surface area contributed by atoms with E-state index >= 15 is 0 Å². The Morgan fingerprint density at radius 3 is 2.50 bits per heavy atom. The molecule has 0 aromatic carbocycles. The highest BCUT2D eigenvalue weighted by Crippen LogP contribution is 2.35. The van der Waals surface area contributed by atoms with Crippen LogP contribution < -0.4 is 5.73 Å². The van der Waals surface area contributed by atoms with Gasteiger partial charge in [-0.15, -0.1) is 0 Å². The minimum atomic E-state index is 0.0866. The van der Waals surface area contributed by atoms with E-state index in [-0.39, 0.29) is 5.60 Å². The number of likely N-dealkylation sites (N-methyl/N-ethyl adjacent to an activating group) is 1. The van der Waals surface area contributed by atoms with Crippen LogP contribution in [0.15, 0.2) is 0 Å². The Labute approximate surface area is 99.3 Å². The van der Waals surface area contributed by atoms with Crippen molar-refractivity contribution in [2.45, 2.75) is 57.3 Å². The second kappa shape index (κ2) is 4.63. The third-order valence-corrected chi connectivity index (χ3v) is 4.02. The van der Waals surface area contributed by atoms with Crippen LogP contribution in [-0.2, 0) is 4.74 Å². The molecule has 2 fully saturated rings. The van der Waals surface area contributed by atoms with Crippen LogP contribution in [0.5, 0.6) is 0 Å². The maximum Gasteiger partial charge on any atom is 0.0710 e. The molecule has 0 radical (unpaired) electrons. The SMILES string of the molecule is CN(CC1CCC(C)(C)O1)C(CN)C1CC1. The molecule has 1 aliphatic heterocycles. The lowest BCUT2D eigenvalue weighted by molar-refractivity contribution is -0.0307. The average molecular weight is 226 g/mol. The monoisotopic (exact) mass is 226 g/mol. The van der Waals surface area contributed by atoms with E-state index in [1.165, 1.54) is 25.7 Å². The second-order valence-electron chi connectivity index (χ2n) is 6.12. The van der Waals surface area contributed by atoms with Crippen molar-refractivity contribution in [1.29, 1.82) is 0 Å². The van der Waals surface area contributed by atoms with Crippen molar-refractivity contribution in [2.24, 2.45) is 11.7 Å². The van der Waals surface area contributed by atoms with E-state index in [1.54, 1.807) is 0 Å². The summed E-state index contributed by atoms with van der Waals surface area (Å²) in [7, 11) is 2.20. The number of nitrogens with two attached hydrogens (primary N) is 1. The summed E-state index contributed by atoms with van der Waals surface area (Å²) in [5, 5.41) is 0. The Kier molecular flexibility index (Phi) is 3.57. The first-order valence-corrected chi connectivity index (χ1v) is 6.60. The van der Waals surface area contributed by atoms with Gasteiger partial charge in [0.05, 0.1) is 11.7 Å². The van der Waals surface area contributed by atoms with Crippen LogP contribution in [0.1, 0.15) is 39.5 Å². The van der Waals surface area contributed by atoms with Crippen LogP contribution >= 0.6 is 0 Å². The number of hydrogen-bond acceptors (Lipinski definition) is 3. The summed E-state index contributed by atoms with van der Waals surface area (Å²) in [6.07, 6.45) is 5.52. The lowest BCUT2D eigenvalue weighted by Gasteiger charge is -2.30. The summed E-state index contributed by atoms with van der Waals surface area (Å²) in [5.41, 5.74) is 5.95. The van der Waals surface area contributed by atoms with Gasteiger partial charge in [0.2, 0.25) is 0 Å². The fourth-order valence-electron chi connectivity index (χ4n) is 2.88. The quantitative estimate of drug-likeness (QED) is 0.774. The zero-order valence-corrected chi connectivity index (χ0v) is 10.9. The first-order valence-electron chi connectivity index (χ1n) is 6.60. The Bertz CT molecular complexity index is 238. The van der Waals surface area contributed by atoms with Gasteiger partial charge in [0.1, 0.15) is 0 Å². The summed E-state index contributed by atoms with van der Waals surface area (Å²) in [6.45, 7) is 6.21. The molecular weight excluding hydrogens is 200 g/mol. The van der Waals surface area contributed by atoms with Gasteiger partial charge >= 0.3 is 0 Å². The zero-order chi connectivity index (χ0) is 11.8. The minimum absolute atomic E-state index is 0.0866. The maximum absolute atomic E-state index is 6.03. The molecule has 0 aromatic heterocycles. The molecule has 94 valence electrons. The molecule has 3 nitrogen and oxygen atoms in total. The largest absolute Gasteiger partial charge is 0.371 e. The van der Waals surface area contributed by atoms with Crippen molar-refractivity contribution in [3.63, 3.8) is 0 Å². The number of ether oxygens (including phenoxy) is 1. The van der Waals surface area contributed by atoms with Crippen LogP contribution in [0.3, 0.4) is 0 Å². The van der Waals surface area contributed by atoms with Gasteiger partial charge in [-0.1, -0.05) is 0 Å². The van der Waals surface area contributed by atoms with Crippen molar-refractivity contribution in [3.8, 4) is 0 Å². The summed E-state index contributed by atoms with van der Waals surface area (Å²) < 4.78 is 6.03. The molecule has 2 unspecified atom stereocenters. The van der Waals surface area contributed by atoms with Crippen molar-refractivity contribution in [3.05, 3.63) is 0 Å². The Balaban J connectivity index is 1.80. The predicted octanol–water partition coefficient (Wildman–Crippen LogP) is 1.61.